The first-order chi connectivity index (χ1) is 8.79. The van der Waals surface area contributed by atoms with Crippen molar-refractivity contribution in [3.63, 3.8) is 0 Å². The van der Waals surface area contributed by atoms with Crippen LogP contribution in [0.1, 0.15) is 15.9 Å². The van der Waals surface area contributed by atoms with Crippen molar-refractivity contribution < 1.29 is 24.6 Å². The van der Waals surface area contributed by atoms with Crippen LogP contribution in [-0.4, -0.2) is 46.0 Å². The second-order valence-electron chi connectivity index (χ2n) is 3.97. The molecule has 7 heteroatoms. The first kappa shape index (κ1) is 15.2. The number of aliphatic carboxylic acids is 2. The molecule has 0 heterocycles. The van der Waals surface area contributed by atoms with Gasteiger partial charge in [0.25, 0.3) is 5.91 Å². The van der Waals surface area contributed by atoms with E-state index in [0.717, 1.165) is 10.5 Å². The van der Waals surface area contributed by atoms with Gasteiger partial charge in [0.15, 0.2) is 0 Å². The zero-order valence-electron chi connectivity index (χ0n) is 10.1. The second kappa shape index (κ2) is 6.33. The standard InChI is InChI=1S/C12H12BrNO5/c1-7-2-8(4-9(13)3-7)12(19)14(5-10(15)16)6-11(17)18/h2-4H,5-6H2,1H3,(H,15,16)(H,17,18). The summed E-state index contributed by atoms with van der Waals surface area (Å²) >= 11 is 3.23. The Morgan fingerprint density at radius 1 is 1.11 bits per heavy atom. The van der Waals surface area contributed by atoms with E-state index in [2.05, 4.69) is 15.9 Å². The van der Waals surface area contributed by atoms with E-state index in [4.69, 9.17) is 10.2 Å². The fourth-order valence-corrected chi connectivity index (χ4v) is 2.18. The van der Waals surface area contributed by atoms with E-state index in [1.54, 1.807) is 19.1 Å². The number of carboxylic acid groups (broad SMARTS) is 2. The largest absolute Gasteiger partial charge is 0.480 e. The smallest absolute Gasteiger partial charge is 0.323 e. The van der Waals surface area contributed by atoms with Gasteiger partial charge in [0.1, 0.15) is 13.1 Å². The molecule has 0 unspecified atom stereocenters. The van der Waals surface area contributed by atoms with E-state index in [-0.39, 0.29) is 5.56 Å². The summed E-state index contributed by atoms with van der Waals surface area (Å²) in [6.07, 6.45) is 0. The van der Waals surface area contributed by atoms with E-state index >= 15 is 0 Å². The number of carbonyl (C=O) groups excluding carboxylic acids is 1. The maximum absolute atomic E-state index is 12.1. The third-order valence-corrected chi connectivity index (χ3v) is 2.69. The highest BCUT2D eigenvalue weighted by atomic mass is 79.9. The number of nitrogens with zero attached hydrogens (tertiary/aromatic N) is 1. The molecule has 0 aromatic heterocycles. The van der Waals surface area contributed by atoms with E-state index in [1.807, 2.05) is 0 Å². The van der Waals surface area contributed by atoms with Gasteiger partial charge in [-0.25, -0.2) is 0 Å². The van der Waals surface area contributed by atoms with Crippen molar-refractivity contribution in [1.29, 1.82) is 0 Å². The Bertz CT molecular complexity index is 493. The summed E-state index contributed by atoms with van der Waals surface area (Å²) in [5.41, 5.74) is 1.05. The highest BCUT2D eigenvalue weighted by molar-refractivity contribution is 9.10. The minimum Gasteiger partial charge on any atom is -0.480 e. The number of rotatable bonds is 5. The van der Waals surface area contributed by atoms with Crippen molar-refractivity contribution in [3.8, 4) is 0 Å². The quantitative estimate of drug-likeness (QED) is 0.850. The zero-order chi connectivity index (χ0) is 14.6. The van der Waals surface area contributed by atoms with Crippen LogP contribution in [0.15, 0.2) is 22.7 Å². The third kappa shape index (κ3) is 4.70. The Labute approximate surface area is 117 Å². The lowest BCUT2D eigenvalue weighted by atomic mass is 10.1. The molecule has 2 N–H and O–H groups in total. The van der Waals surface area contributed by atoms with Crippen LogP contribution in [0.5, 0.6) is 0 Å². The summed E-state index contributed by atoms with van der Waals surface area (Å²) in [5, 5.41) is 17.4. The van der Waals surface area contributed by atoms with Gasteiger partial charge in [-0.2, -0.15) is 0 Å². The Kier molecular flexibility index (Phi) is 5.05. The minimum absolute atomic E-state index is 0.245. The molecular weight excluding hydrogens is 318 g/mol. The molecule has 1 amide bonds. The fraction of sp³-hybridized carbons (Fsp3) is 0.250. The molecule has 0 atom stereocenters. The maximum atomic E-state index is 12.1. The van der Waals surface area contributed by atoms with Gasteiger partial charge in [0, 0.05) is 10.0 Å². The van der Waals surface area contributed by atoms with Crippen LogP contribution in [0, 0.1) is 6.92 Å². The third-order valence-electron chi connectivity index (χ3n) is 2.23. The molecular formula is C12H12BrNO5. The number of carbonyl (C=O) groups is 3. The molecule has 19 heavy (non-hydrogen) atoms. The van der Waals surface area contributed by atoms with Gasteiger partial charge in [-0.1, -0.05) is 15.9 Å². The van der Waals surface area contributed by atoms with Crippen LogP contribution in [-0.2, 0) is 9.59 Å². The number of hydrogen-bond donors (Lipinski definition) is 2. The summed E-state index contributed by atoms with van der Waals surface area (Å²) < 4.78 is 0.668. The molecule has 1 aromatic rings. The van der Waals surface area contributed by atoms with E-state index < -0.39 is 30.9 Å². The molecule has 0 radical (unpaired) electrons. The van der Waals surface area contributed by atoms with Gasteiger partial charge in [-0.3, -0.25) is 14.4 Å². The van der Waals surface area contributed by atoms with Gasteiger partial charge < -0.3 is 15.1 Å². The monoisotopic (exact) mass is 329 g/mol. The molecule has 1 aromatic carbocycles. The van der Waals surface area contributed by atoms with Crippen LogP contribution in [0.4, 0.5) is 0 Å². The summed E-state index contributed by atoms with van der Waals surface area (Å²) in [6.45, 7) is 0.466. The molecule has 102 valence electrons. The highest BCUT2D eigenvalue weighted by Crippen LogP contribution is 2.16. The lowest BCUT2D eigenvalue weighted by molar-refractivity contribution is -0.140. The van der Waals surface area contributed by atoms with Crippen LogP contribution in [0.2, 0.25) is 0 Å². The van der Waals surface area contributed by atoms with Gasteiger partial charge in [-0.05, 0) is 30.7 Å². The summed E-state index contributed by atoms with van der Waals surface area (Å²) in [7, 11) is 0. The lowest BCUT2D eigenvalue weighted by Crippen LogP contribution is -2.39. The first-order valence-corrected chi connectivity index (χ1v) is 6.09. The second-order valence-corrected chi connectivity index (χ2v) is 4.88. The minimum atomic E-state index is -1.26. The molecule has 1 rings (SSSR count). The average molecular weight is 330 g/mol. The fourth-order valence-electron chi connectivity index (χ4n) is 1.57. The number of benzene rings is 1. The lowest BCUT2D eigenvalue weighted by Gasteiger charge is -2.18. The van der Waals surface area contributed by atoms with E-state index in [9.17, 15) is 14.4 Å². The van der Waals surface area contributed by atoms with E-state index in [0.29, 0.717) is 4.47 Å². The number of carboxylic acids is 2. The van der Waals surface area contributed by atoms with Crippen LogP contribution >= 0.6 is 15.9 Å². The molecule has 0 aliphatic rings. The Morgan fingerprint density at radius 3 is 2.05 bits per heavy atom. The summed E-state index contributed by atoms with van der Waals surface area (Å²) in [5.74, 6) is -3.16. The van der Waals surface area contributed by atoms with Gasteiger partial charge in [0.2, 0.25) is 0 Å². The Hall–Kier alpha value is -1.89. The number of hydrogen-bond acceptors (Lipinski definition) is 3. The van der Waals surface area contributed by atoms with Crippen LogP contribution in [0.25, 0.3) is 0 Å². The Balaban J connectivity index is 3.03. The highest BCUT2D eigenvalue weighted by Gasteiger charge is 2.21. The Morgan fingerprint density at radius 2 is 1.63 bits per heavy atom. The normalized spacial score (nSPS) is 10.0. The number of aryl methyl sites for hydroxylation is 1. The van der Waals surface area contributed by atoms with Crippen molar-refractivity contribution in [1.82, 2.24) is 4.90 Å². The first-order valence-electron chi connectivity index (χ1n) is 5.29. The van der Waals surface area contributed by atoms with Gasteiger partial charge >= 0.3 is 11.9 Å². The van der Waals surface area contributed by atoms with Crippen molar-refractivity contribution in [2.45, 2.75) is 6.92 Å². The van der Waals surface area contributed by atoms with E-state index in [1.165, 1.54) is 6.07 Å². The number of halogens is 1. The SMILES string of the molecule is Cc1cc(Br)cc(C(=O)N(CC(=O)O)CC(=O)O)c1. The molecule has 6 nitrogen and oxygen atoms in total. The van der Waals surface area contributed by atoms with Crippen molar-refractivity contribution in [2.24, 2.45) is 0 Å². The van der Waals surface area contributed by atoms with Crippen LogP contribution in [0.3, 0.4) is 0 Å². The maximum Gasteiger partial charge on any atom is 0.323 e. The zero-order valence-corrected chi connectivity index (χ0v) is 11.7. The van der Waals surface area contributed by atoms with Crippen molar-refractivity contribution in [3.05, 3.63) is 33.8 Å². The van der Waals surface area contributed by atoms with Crippen molar-refractivity contribution >= 4 is 33.8 Å². The number of amides is 1. The molecule has 0 aliphatic heterocycles. The molecule has 0 aliphatic carbocycles. The molecule has 0 saturated carbocycles. The summed E-state index contributed by atoms with van der Waals surface area (Å²) in [6, 6.07) is 4.88. The molecule has 0 spiro atoms. The molecule has 0 fully saturated rings. The van der Waals surface area contributed by atoms with Gasteiger partial charge in [-0.15, -0.1) is 0 Å². The molecule has 0 saturated heterocycles. The average Bonchev–Trinajstić information content (AvgIpc) is 2.24. The van der Waals surface area contributed by atoms with Crippen LogP contribution < -0.4 is 0 Å². The predicted octanol–water partition coefficient (Wildman–Crippen LogP) is 1.37. The topological polar surface area (TPSA) is 94.9 Å². The summed E-state index contributed by atoms with van der Waals surface area (Å²) in [4.78, 5) is 34.2. The van der Waals surface area contributed by atoms with Crippen molar-refractivity contribution in [2.75, 3.05) is 13.1 Å². The predicted molar refractivity (Wildman–Crippen MR) is 70.1 cm³/mol. The van der Waals surface area contributed by atoms with Gasteiger partial charge in [0.05, 0.1) is 0 Å². The molecule has 0 bridgehead atoms.